The fourth-order valence-corrected chi connectivity index (χ4v) is 4.23. The summed E-state index contributed by atoms with van der Waals surface area (Å²) in [5.41, 5.74) is 1.18. The summed E-state index contributed by atoms with van der Waals surface area (Å²) in [4.78, 5) is 31.4. The number of hydrogen-bond acceptors (Lipinski definition) is 5. The molecular weight excluding hydrogens is 410 g/mol. The Kier molecular flexibility index (Phi) is 6.49. The lowest BCUT2D eigenvalue weighted by molar-refractivity contribution is -0.121. The van der Waals surface area contributed by atoms with Gasteiger partial charge in [0.15, 0.2) is 0 Å². The van der Waals surface area contributed by atoms with Gasteiger partial charge in [-0.05, 0) is 52.7 Å². The maximum Gasteiger partial charge on any atom is 0.410 e. The van der Waals surface area contributed by atoms with Crippen LogP contribution >= 0.6 is 22.9 Å². The maximum absolute atomic E-state index is 12.8. The van der Waals surface area contributed by atoms with Crippen molar-refractivity contribution < 1.29 is 14.3 Å². The van der Waals surface area contributed by atoms with E-state index in [9.17, 15) is 9.59 Å². The smallest absolute Gasteiger partial charge is 0.410 e. The van der Waals surface area contributed by atoms with Crippen molar-refractivity contribution >= 4 is 39.9 Å². The summed E-state index contributed by atoms with van der Waals surface area (Å²) in [5, 5.41) is 5.23. The van der Waals surface area contributed by atoms with E-state index in [-0.39, 0.29) is 17.9 Å². The number of rotatable bonds is 3. The van der Waals surface area contributed by atoms with Crippen molar-refractivity contribution in [2.45, 2.75) is 46.1 Å². The van der Waals surface area contributed by atoms with Crippen LogP contribution in [0, 0.1) is 12.8 Å². The van der Waals surface area contributed by atoms with Crippen LogP contribution < -0.4 is 5.32 Å². The average molecular weight is 436 g/mol. The molecule has 0 bridgehead atoms. The first kappa shape index (κ1) is 21.6. The number of aryl methyl sites for hydroxylation is 1. The third-order valence-electron chi connectivity index (χ3n) is 4.57. The molecule has 1 aliphatic rings. The summed E-state index contributed by atoms with van der Waals surface area (Å²) in [5.74, 6) is -0.357. The maximum atomic E-state index is 12.8. The first-order valence-corrected chi connectivity index (χ1v) is 10.8. The van der Waals surface area contributed by atoms with Gasteiger partial charge in [0.1, 0.15) is 15.6 Å². The number of aromatic nitrogens is 1. The Hall–Kier alpha value is -2.12. The number of anilines is 1. The lowest BCUT2D eigenvalue weighted by atomic mass is 9.97. The Morgan fingerprint density at radius 1 is 1.28 bits per heavy atom. The third-order valence-corrected chi connectivity index (χ3v) is 5.94. The van der Waals surface area contributed by atoms with Crippen molar-refractivity contribution in [1.29, 1.82) is 0 Å². The van der Waals surface area contributed by atoms with Crippen LogP contribution in [-0.4, -0.2) is 40.6 Å². The van der Waals surface area contributed by atoms with E-state index in [0.717, 1.165) is 34.1 Å². The van der Waals surface area contributed by atoms with E-state index >= 15 is 0 Å². The lowest BCUT2D eigenvalue weighted by Gasteiger charge is -2.33. The minimum atomic E-state index is -0.551. The Morgan fingerprint density at radius 2 is 1.97 bits per heavy atom. The molecule has 2 heterocycles. The summed E-state index contributed by atoms with van der Waals surface area (Å²) in [6.07, 6.45) is 1.15. The predicted octanol–water partition coefficient (Wildman–Crippen LogP) is 5.36. The molecule has 1 unspecified atom stereocenters. The van der Waals surface area contributed by atoms with Gasteiger partial charge in [-0.2, -0.15) is 0 Å². The molecule has 1 N–H and O–H groups in total. The largest absolute Gasteiger partial charge is 0.444 e. The average Bonchev–Trinajstić information content (AvgIpc) is 3.01. The number of likely N-dealkylation sites (tertiary alicyclic amines) is 1. The molecule has 1 atom stereocenters. The molecule has 1 aromatic heterocycles. The Balaban J connectivity index is 1.65. The number of piperidine rings is 1. The molecule has 1 fully saturated rings. The van der Waals surface area contributed by atoms with Gasteiger partial charge in [-0.1, -0.05) is 35.1 Å². The van der Waals surface area contributed by atoms with E-state index in [1.807, 2.05) is 52.0 Å². The van der Waals surface area contributed by atoms with Gasteiger partial charge < -0.3 is 15.0 Å². The molecule has 0 spiro atoms. The van der Waals surface area contributed by atoms with Crippen molar-refractivity contribution in [3.63, 3.8) is 0 Å². The van der Waals surface area contributed by atoms with Crippen molar-refractivity contribution in [3.8, 4) is 10.6 Å². The highest BCUT2D eigenvalue weighted by Gasteiger charge is 2.31. The normalized spacial score (nSPS) is 17.1. The molecule has 1 aliphatic heterocycles. The van der Waals surface area contributed by atoms with E-state index in [1.165, 1.54) is 11.3 Å². The van der Waals surface area contributed by atoms with Gasteiger partial charge in [-0.25, -0.2) is 9.78 Å². The number of thiazole rings is 1. The summed E-state index contributed by atoms with van der Waals surface area (Å²) >= 11 is 7.38. The number of amides is 2. The molecule has 29 heavy (non-hydrogen) atoms. The number of hydrogen-bond donors (Lipinski definition) is 1. The molecule has 2 aromatic rings. The monoisotopic (exact) mass is 435 g/mol. The predicted molar refractivity (Wildman–Crippen MR) is 116 cm³/mol. The second-order valence-electron chi connectivity index (χ2n) is 8.20. The Labute approximate surface area is 180 Å². The van der Waals surface area contributed by atoms with E-state index in [2.05, 4.69) is 10.3 Å². The van der Waals surface area contributed by atoms with Crippen LogP contribution in [0.3, 0.4) is 0 Å². The molecule has 0 aliphatic carbocycles. The first-order valence-electron chi connectivity index (χ1n) is 9.64. The second-order valence-corrected chi connectivity index (χ2v) is 9.63. The highest BCUT2D eigenvalue weighted by atomic mass is 35.5. The lowest BCUT2D eigenvalue weighted by Crippen LogP contribution is -2.45. The molecule has 2 amide bonds. The summed E-state index contributed by atoms with van der Waals surface area (Å²) in [7, 11) is 0. The van der Waals surface area contributed by atoms with Crippen molar-refractivity contribution in [1.82, 2.24) is 9.88 Å². The topological polar surface area (TPSA) is 71.5 Å². The minimum absolute atomic E-state index is 0.0901. The SMILES string of the molecule is Cc1nc(-c2ccc(Cl)cc2)sc1NC(=O)C1CCCN(C(=O)OC(C)(C)C)C1. The number of carbonyl (C=O) groups is 2. The zero-order valence-electron chi connectivity index (χ0n) is 17.1. The minimum Gasteiger partial charge on any atom is -0.444 e. The number of nitrogens with one attached hydrogen (secondary N) is 1. The fourth-order valence-electron chi connectivity index (χ4n) is 3.13. The van der Waals surface area contributed by atoms with Crippen LogP contribution in [0.2, 0.25) is 5.02 Å². The van der Waals surface area contributed by atoms with E-state index in [4.69, 9.17) is 16.3 Å². The van der Waals surface area contributed by atoms with Gasteiger partial charge in [0.05, 0.1) is 11.6 Å². The number of carbonyl (C=O) groups excluding carboxylic acids is 2. The zero-order chi connectivity index (χ0) is 21.2. The molecule has 8 heteroatoms. The molecule has 3 rings (SSSR count). The number of benzene rings is 1. The van der Waals surface area contributed by atoms with Crippen LogP contribution in [0.4, 0.5) is 9.80 Å². The summed E-state index contributed by atoms with van der Waals surface area (Å²) in [6.45, 7) is 8.36. The standard InChI is InChI=1S/C21H26ClN3O3S/c1-13-18(29-19(23-13)14-7-9-16(22)10-8-14)24-17(26)15-6-5-11-25(12-15)20(27)28-21(2,3)4/h7-10,15H,5-6,11-12H2,1-4H3,(H,24,26). The van der Waals surface area contributed by atoms with Crippen LogP contribution in [0.15, 0.2) is 24.3 Å². The van der Waals surface area contributed by atoms with Gasteiger partial charge in [0, 0.05) is 23.7 Å². The van der Waals surface area contributed by atoms with Crippen LogP contribution in [0.5, 0.6) is 0 Å². The van der Waals surface area contributed by atoms with Crippen molar-refractivity contribution in [2.24, 2.45) is 5.92 Å². The number of nitrogens with zero attached hydrogens (tertiary/aromatic N) is 2. The second kappa shape index (κ2) is 8.71. The molecule has 6 nitrogen and oxygen atoms in total. The van der Waals surface area contributed by atoms with Crippen molar-refractivity contribution in [3.05, 3.63) is 35.0 Å². The fraction of sp³-hybridized carbons (Fsp3) is 0.476. The first-order chi connectivity index (χ1) is 13.6. The van der Waals surface area contributed by atoms with Gasteiger partial charge in [0.2, 0.25) is 5.91 Å². The Morgan fingerprint density at radius 3 is 2.62 bits per heavy atom. The van der Waals surface area contributed by atoms with Crippen LogP contribution in [0.25, 0.3) is 10.6 Å². The quantitative estimate of drug-likeness (QED) is 0.704. The Bertz CT molecular complexity index is 890. The number of ether oxygens (including phenoxy) is 1. The van der Waals surface area contributed by atoms with Crippen molar-refractivity contribution in [2.75, 3.05) is 18.4 Å². The summed E-state index contributed by atoms with van der Waals surface area (Å²) < 4.78 is 5.44. The molecule has 0 radical (unpaired) electrons. The van der Waals surface area contributed by atoms with Gasteiger partial charge in [-0.3, -0.25) is 4.79 Å². The van der Waals surface area contributed by atoms with E-state index in [1.54, 1.807) is 4.90 Å². The molecule has 156 valence electrons. The highest BCUT2D eigenvalue weighted by molar-refractivity contribution is 7.19. The van der Waals surface area contributed by atoms with Gasteiger partial charge in [0.25, 0.3) is 0 Å². The number of halogens is 1. The van der Waals surface area contributed by atoms with Crippen LogP contribution in [0.1, 0.15) is 39.3 Å². The van der Waals surface area contributed by atoms with E-state index in [0.29, 0.717) is 18.1 Å². The molecule has 0 saturated carbocycles. The van der Waals surface area contributed by atoms with Gasteiger partial charge in [-0.15, -0.1) is 0 Å². The van der Waals surface area contributed by atoms with Gasteiger partial charge >= 0.3 is 6.09 Å². The van der Waals surface area contributed by atoms with E-state index < -0.39 is 5.60 Å². The summed E-state index contributed by atoms with van der Waals surface area (Å²) in [6, 6.07) is 7.45. The molecule has 1 aromatic carbocycles. The third kappa shape index (κ3) is 5.70. The van der Waals surface area contributed by atoms with Crippen LogP contribution in [-0.2, 0) is 9.53 Å². The highest BCUT2D eigenvalue weighted by Crippen LogP contribution is 2.33. The zero-order valence-corrected chi connectivity index (χ0v) is 18.7. The molecule has 1 saturated heterocycles. The molecular formula is C21H26ClN3O3S.